The molecule has 0 atom stereocenters. The summed E-state index contributed by atoms with van der Waals surface area (Å²) < 4.78 is 6.65. The van der Waals surface area contributed by atoms with Crippen LogP contribution in [-0.2, 0) is 0 Å². The molecule has 0 spiro atoms. The maximum absolute atomic E-state index is 6.65. The summed E-state index contributed by atoms with van der Waals surface area (Å²) in [5.74, 6) is 1.87. The normalized spacial score (nSPS) is 11.5. The number of benzene rings is 9. The molecular weight excluding hydrogens is 769 g/mol. The van der Waals surface area contributed by atoms with Crippen LogP contribution in [0.2, 0.25) is 0 Å². The number of fused-ring (bicyclic) bond motifs is 6. The molecule has 3 heterocycles. The Hall–Kier alpha value is -8.54. The van der Waals surface area contributed by atoms with Gasteiger partial charge in [-0.2, -0.15) is 0 Å². The number of rotatable bonds is 7. The van der Waals surface area contributed by atoms with Gasteiger partial charge in [0.2, 0.25) is 0 Å². The number of nitrogens with zero attached hydrogens (tertiary/aromatic N) is 4. The second-order valence-electron chi connectivity index (χ2n) is 15.8. The van der Waals surface area contributed by atoms with Gasteiger partial charge in [-0.3, -0.25) is 0 Å². The van der Waals surface area contributed by atoms with Crippen molar-refractivity contribution in [3.05, 3.63) is 218 Å². The molecule has 9 aromatic carbocycles. The van der Waals surface area contributed by atoms with Crippen LogP contribution in [0.25, 0.3) is 122 Å². The Morgan fingerprint density at radius 3 is 1.44 bits per heavy atom. The fourth-order valence-electron chi connectivity index (χ4n) is 8.91. The molecule has 5 heteroatoms. The van der Waals surface area contributed by atoms with Crippen molar-refractivity contribution in [2.24, 2.45) is 0 Å². The van der Waals surface area contributed by atoms with E-state index >= 15 is 0 Å². The van der Waals surface area contributed by atoms with Gasteiger partial charge in [-0.1, -0.05) is 188 Å². The maximum Gasteiger partial charge on any atom is 0.164 e. The molecule has 3 aromatic heterocycles. The highest BCUT2D eigenvalue weighted by atomic mass is 16.3. The molecule has 0 N–H and O–H groups in total. The number of aromatic nitrogens is 4. The molecule has 0 saturated carbocycles. The molecular formula is C58H36N4O. The van der Waals surface area contributed by atoms with Crippen molar-refractivity contribution < 1.29 is 4.42 Å². The zero-order valence-corrected chi connectivity index (χ0v) is 34.0. The second kappa shape index (κ2) is 15.2. The summed E-state index contributed by atoms with van der Waals surface area (Å²) in [7, 11) is 0. The van der Waals surface area contributed by atoms with Crippen LogP contribution in [0.4, 0.5) is 0 Å². The third-order valence-corrected chi connectivity index (χ3v) is 11.9. The first-order valence-corrected chi connectivity index (χ1v) is 21.1. The number of hydrogen-bond donors (Lipinski definition) is 0. The molecule has 294 valence electrons. The van der Waals surface area contributed by atoms with Crippen molar-refractivity contribution in [2.75, 3.05) is 0 Å². The van der Waals surface area contributed by atoms with Crippen LogP contribution in [0, 0.1) is 0 Å². The van der Waals surface area contributed by atoms with Crippen LogP contribution in [0.3, 0.4) is 0 Å². The summed E-state index contributed by atoms with van der Waals surface area (Å²) in [6.45, 7) is 0. The molecule has 0 bridgehead atoms. The summed E-state index contributed by atoms with van der Waals surface area (Å²) in [6, 6.07) is 75.7. The first kappa shape index (κ1) is 36.3. The third-order valence-electron chi connectivity index (χ3n) is 11.9. The monoisotopic (exact) mass is 804 g/mol. The largest absolute Gasteiger partial charge is 0.456 e. The third kappa shape index (κ3) is 6.51. The summed E-state index contributed by atoms with van der Waals surface area (Å²) in [5, 5.41) is 5.48. The van der Waals surface area contributed by atoms with Gasteiger partial charge >= 0.3 is 0 Å². The predicted molar refractivity (Wildman–Crippen MR) is 258 cm³/mol. The molecule has 0 amide bonds. The molecule has 0 fully saturated rings. The smallest absolute Gasteiger partial charge is 0.164 e. The Labute approximate surface area is 363 Å². The highest BCUT2D eigenvalue weighted by Gasteiger charge is 2.22. The lowest BCUT2D eigenvalue weighted by atomic mass is 9.88. The van der Waals surface area contributed by atoms with E-state index in [1.807, 2.05) is 48.5 Å². The summed E-state index contributed by atoms with van der Waals surface area (Å²) >= 11 is 0. The lowest BCUT2D eigenvalue weighted by molar-refractivity contribution is 0.669. The van der Waals surface area contributed by atoms with Crippen LogP contribution in [0.15, 0.2) is 223 Å². The minimum Gasteiger partial charge on any atom is -0.456 e. The number of hydrogen-bond acceptors (Lipinski definition) is 5. The maximum atomic E-state index is 6.65. The Bertz CT molecular complexity index is 3660. The van der Waals surface area contributed by atoms with Gasteiger partial charge in [-0.05, 0) is 58.1 Å². The summed E-state index contributed by atoms with van der Waals surface area (Å²) in [6.07, 6.45) is 0. The summed E-state index contributed by atoms with van der Waals surface area (Å²) in [4.78, 5) is 20.4. The van der Waals surface area contributed by atoms with E-state index in [4.69, 9.17) is 24.4 Å². The van der Waals surface area contributed by atoms with Gasteiger partial charge in [0.15, 0.2) is 17.5 Å². The van der Waals surface area contributed by atoms with E-state index < -0.39 is 0 Å². The molecule has 0 aliphatic rings. The highest BCUT2D eigenvalue weighted by molar-refractivity contribution is 6.27. The van der Waals surface area contributed by atoms with Gasteiger partial charge in [0.25, 0.3) is 0 Å². The topological polar surface area (TPSA) is 64.7 Å². The second-order valence-corrected chi connectivity index (χ2v) is 15.8. The average Bonchev–Trinajstić information content (AvgIpc) is 3.74. The highest BCUT2D eigenvalue weighted by Crippen LogP contribution is 2.47. The molecule has 12 aromatic rings. The zero-order valence-electron chi connectivity index (χ0n) is 34.0. The molecule has 5 nitrogen and oxygen atoms in total. The summed E-state index contributed by atoms with van der Waals surface area (Å²) in [5.41, 5.74) is 14.0. The first-order valence-electron chi connectivity index (χ1n) is 21.1. The Kier molecular flexibility index (Phi) is 8.75. The molecule has 0 unspecified atom stereocenters. The molecule has 0 saturated heterocycles. The van der Waals surface area contributed by atoms with Gasteiger partial charge in [0, 0.05) is 54.7 Å². The standard InChI is InChI=1S/C58H36N4O/c1-4-16-37(17-5-1)43-23-15-25-45(35-43)58-61-56(40-20-8-3-9-21-40)60-57(62-58)41-32-30-38(31-33-41)42-22-14-24-44(34-42)52-53-46-26-10-12-28-49(46)59-55(39-18-6-2-7-19-39)48(53)36-51-54(52)47-27-11-13-29-50(47)63-51/h1-36H. The van der Waals surface area contributed by atoms with Crippen LogP contribution in [-0.4, -0.2) is 19.9 Å². The zero-order chi connectivity index (χ0) is 41.7. The van der Waals surface area contributed by atoms with Gasteiger partial charge < -0.3 is 4.42 Å². The van der Waals surface area contributed by atoms with Crippen LogP contribution in [0.5, 0.6) is 0 Å². The fourth-order valence-corrected chi connectivity index (χ4v) is 8.91. The Balaban J connectivity index is 1.00. The SMILES string of the molecule is c1ccc(-c2cccc(-c3nc(-c4ccccc4)nc(-c4ccc(-c5cccc(-c6c7c(cc8c(-c9ccccc9)nc9ccccc9c68)oc6ccccc67)c5)cc4)n3)c2)cc1. The van der Waals surface area contributed by atoms with E-state index in [0.717, 1.165) is 105 Å². The lowest BCUT2D eigenvalue weighted by Gasteiger charge is -2.16. The molecule has 12 rings (SSSR count). The van der Waals surface area contributed by atoms with Crippen LogP contribution < -0.4 is 0 Å². The lowest BCUT2D eigenvalue weighted by Crippen LogP contribution is -2.00. The van der Waals surface area contributed by atoms with Crippen molar-refractivity contribution in [2.45, 2.75) is 0 Å². The van der Waals surface area contributed by atoms with Gasteiger partial charge in [0.1, 0.15) is 11.2 Å². The fraction of sp³-hybridized carbons (Fsp3) is 0. The van der Waals surface area contributed by atoms with Crippen molar-refractivity contribution in [1.29, 1.82) is 0 Å². The van der Waals surface area contributed by atoms with E-state index in [1.54, 1.807) is 0 Å². The van der Waals surface area contributed by atoms with E-state index in [-0.39, 0.29) is 0 Å². The molecule has 0 aliphatic heterocycles. The number of para-hydroxylation sites is 2. The van der Waals surface area contributed by atoms with Gasteiger partial charge in [0.05, 0.1) is 11.2 Å². The molecule has 0 radical (unpaired) electrons. The molecule has 0 aliphatic carbocycles. The Morgan fingerprint density at radius 1 is 0.270 bits per heavy atom. The minimum atomic E-state index is 0.615. The number of pyridine rings is 1. The van der Waals surface area contributed by atoms with Gasteiger partial charge in [-0.25, -0.2) is 19.9 Å². The van der Waals surface area contributed by atoms with E-state index in [9.17, 15) is 0 Å². The van der Waals surface area contributed by atoms with Crippen LogP contribution >= 0.6 is 0 Å². The molecule has 63 heavy (non-hydrogen) atoms. The quantitative estimate of drug-likeness (QED) is 0.150. The van der Waals surface area contributed by atoms with E-state index in [2.05, 4.69) is 170 Å². The van der Waals surface area contributed by atoms with E-state index in [1.165, 1.54) is 0 Å². The average molecular weight is 805 g/mol. The number of furan rings is 1. The van der Waals surface area contributed by atoms with Crippen molar-refractivity contribution in [3.63, 3.8) is 0 Å². The van der Waals surface area contributed by atoms with Crippen molar-refractivity contribution >= 4 is 43.6 Å². The van der Waals surface area contributed by atoms with Crippen LogP contribution in [0.1, 0.15) is 0 Å². The van der Waals surface area contributed by atoms with Gasteiger partial charge in [-0.15, -0.1) is 0 Å². The van der Waals surface area contributed by atoms with Crippen molar-refractivity contribution in [1.82, 2.24) is 19.9 Å². The van der Waals surface area contributed by atoms with Crippen molar-refractivity contribution in [3.8, 4) is 78.8 Å². The Morgan fingerprint density at radius 2 is 0.746 bits per heavy atom. The van der Waals surface area contributed by atoms with E-state index in [0.29, 0.717) is 17.5 Å². The minimum absolute atomic E-state index is 0.615. The predicted octanol–water partition coefficient (Wildman–Crippen LogP) is 15.1. The first-order chi connectivity index (χ1) is 31.2.